The number of aromatic nitrogens is 1. The lowest BCUT2D eigenvalue weighted by atomic mass is 9.87. The SMILES string of the molecule is CCCCCC(CC)c1c(-c2ccc(N)cc2)n(CC(=O)N(C)C)c2cc(C(=O)O)ccc12. The first kappa shape index (κ1) is 24.4. The third kappa shape index (κ3) is 5.21. The van der Waals surface area contributed by atoms with Gasteiger partial charge in [-0.25, -0.2) is 4.79 Å². The standard InChI is InChI=1S/C27H35N3O3/c1-5-7-8-9-18(6-2)25-22-15-12-20(27(32)33)16-23(22)30(17-24(31)29(3)4)26(25)19-10-13-21(28)14-11-19/h10-16,18H,5-9,17,28H2,1-4H3,(H,32,33). The van der Waals surface area contributed by atoms with Crippen LogP contribution < -0.4 is 5.73 Å². The Bertz CT molecular complexity index is 1130. The van der Waals surface area contributed by atoms with Gasteiger partial charge >= 0.3 is 5.97 Å². The lowest BCUT2D eigenvalue weighted by Crippen LogP contribution is -2.26. The topological polar surface area (TPSA) is 88.6 Å². The van der Waals surface area contributed by atoms with Gasteiger partial charge in [-0.3, -0.25) is 4.79 Å². The highest BCUT2D eigenvalue weighted by atomic mass is 16.4. The molecule has 0 aliphatic rings. The molecule has 0 saturated carbocycles. The van der Waals surface area contributed by atoms with Crippen LogP contribution in [0.2, 0.25) is 0 Å². The number of rotatable bonds is 10. The van der Waals surface area contributed by atoms with Crippen molar-refractivity contribution >= 4 is 28.5 Å². The summed E-state index contributed by atoms with van der Waals surface area (Å²) in [5.41, 5.74) is 10.8. The summed E-state index contributed by atoms with van der Waals surface area (Å²) in [6.07, 6.45) is 5.48. The molecule has 0 aliphatic carbocycles. The number of anilines is 1. The van der Waals surface area contributed by atoms with E-state index in [1.807, 2.05) is 34.9 Å². The number of carboxylic acid groups (broad SMARTS) is 1. The summed E-state index contributed by atoms with van der Waals surface area (Å²) >= 11 is 0. The number of hydrogen-bond donors (Lipinski definition) is 2. The first-order chi connectivity index (χ1) is 15.8. The number of aromatic carboxylic acids is 1. The van der Waals surface area contributed by atoms with Gasteiger partial charge in [-0.05, 0) is 54.2 Å². The van der Waals surface area contributed by atoms with Crippen LogP contribution in [0.5, 0.6) is 0 Å². The Hall–Kier alpha value is -3.28. The Labute approximate surface area is 196 Å². The van der Waals surface area contributed by atoms with Gasteiger partial charge in [0.1, 0.15) is 6.54 Å². The number of benzene rings is 2. The second-order valence-corrected chi connectivity index (χ2v) is 8.90. The van der Waals surface area contributed by atoms with E-state index in [2.05, 4.69) is 13.8 Å². The molecule has 0 fully saturated rings. The predicted molar refractivity (Wildman–Crippen MR) is 135 cm³/mol. The third-order valence-electron chi connectivity index (χ3n) is 6.38. The molecule has 6 heteroatoms. The van der Waals surface area contributed by atoms with E-state index >= 15 is 0 Å². The molecule has 6 nitrogen and oxygen atoms in total. The van der Waals surface area contributed by atoms with E-state index < -0.39 is 5.97 Å². The minimum absolute atomic E-state index is 0.0464. The summed E-state index contributed by atoms with van der Waals surface area (Å²) in [5, 5.41) is 10.6. The van der Waals surface area contributed by atoms with Crippen molar-refractivity contribution in [2.24, 2.45) is 0 Å². The van der Waals surface area contributed by atoms with Crippen molar-refractivity contribution in [2.75, 3.05) is 19.8 Å². The van der Waals surface area contributed by atoms with E-state index in [-0.39, 0.29) is 18.0 Å². The van der Waals surface area contributed by atoms with Crippen molar-refractivity contribution in [3.63, 3.8) is 0 Å². The quantitative estimate of drug-likeness (QED) is 0.305. The summed E-state index contributed by atoms with van der Waals surface area (Å²) < 4.78 is 1.99. The Morgan fingerprint density at radius 1 is 1.06 bits per heavy atom. The van der Waals surface area contributed by atoms with Crippen LogP contribution in [0.25, 0.3) is 22.2 Å². The fraction of sp³-hybridized carbons (Fsp3) is 0.407. The van der Waals surface area contributed by atoms with Crippen LogP contribution >= 0.6 is 0 Å². The Kier molecular flexibility index (Phi) is 7.79. The molecule has 1 unspecified atom stereocenters. The van der Waals surface area contributed by atoms with Crippen LogP contribution in [0.1, 0.15) is 67.8 Å². The molecule has 0 radical (unpaired) electrons. The second kappa shape index (κ2) is 10.6. The van der Waals surface area contributed by atoms with Crippen molar-refractivity contribution in [2.45, 2.75) is 58.4 Å². The fourth-order valence-corrected chi connectivity index (χ4v) is 4.51. The van der Waals surface area contributed by atoms with Crippen molar-refractivity contribution in [3.05, 3.63) is 53.6 Å². The molecule has 1 atom stereocenters. The first-order valence-electron chi connectivity index (χ1n) is 11.7. The van der Waals surface area contributed by atoms with Gasteiger partial charge in [0.2, 0.25) is 5.91 Å². The van der Waals surface area contributed by atoms with Crippen molar-refractivity contribution in [1.82, 2.24) is 9.47 Å². The van der Waals surface area contributed by atoms with Crippen LogP contribution in [-0.2, 0) is 11.3 Å². The molecule has 0 spiro atoms. The molecule has 3 N–H and O–H groups in total. The van der Waals surface area contributed by atoms with E-state index in [4.69, 9.17) is 5.73 Å². The van der Waals surface area contributed by atoms with E-state index in [0.29, 0.717) is 11.6 Å². The molecule has 33 heavy (non-hydrogen) atoms. The van der Waals surface area contributed by atoms with Gasteiger partial charge in [0, 0.05) is 25.2 Å². The number of nitrogens with zero attached hydrogens (tertiary/aromatic N) is 2. The highest BCUT2D eigenvalue weighted by Gasteiger charge is 2.26. The van der Waals surface area contributed by atoms with Crippen molar-refractivity contribution in [1.29, 1.82) is 0 Å². The zero-order chi connectivity index (χ0) is 24.1. The van der Waals surface area contributed by atoms with Gasteiger partial charge in [0.25, 0.3) is 0 Å². The highest BCUT2D eigenvalue weighted by molar-refractivity contribution is 5.99. The summed E-state index contributed by atoms with van der Waals surface area (Å²) in [6.45, 7) is 4.54. The minimum atomic E-state index is -0.978. The fourth-order valence-electron chi connectivity index (χ4n) is 4.51. The minimum Gasteiger partial charge on any atom is -0.478 e. The van der Waals surface area contributed by atoms with Crippen molar-refractivity contribution in [3.8, 4) is 11.3 Å². The highest BCUT2D eigenvalue weighted by Crippen LogP contribution is 2.42. The molecule has 1 aromatic heterocycles. The van der Waals surface area contributed by atoms with E-state index in [0.717, 1.165) is 47.8 Å². The molecule has 0 bridgehead atoms. The normalized spacial score (nSPS) is 12.1. The van der Waals surface area contributed by atoms with Gasteiger partial charge in [0.15, 0.2) is 0 Å². The number of carbonyl (C=O) groups is 2. The Morgan fingerprint density at radius 3 is 2.33 bits per heavy atom. The number of likely N-dealkylation sites (N-methyl/N-ethyl adjacent to an activating group) is 1. The predicted octanol–water partition coefficient (Wildman–Crippen LogP) is 5.75. The first-order valence-corrected chi connectivity index (χ1v) is 11.7. The number of nitrogen functional groups attached to an aromatic ring is 1. The summed E-state index contributed by atoms with van der Waals surface area (Å²) in [7, 11) is 3.47. The van der Waals surface area contributed by atoms with Gasteiger partial charge in [-0.1, -0.05) is 51.3 Å². The molecular weight excluding hydrogens is 414 g/mol. The largest absolute Gasteiger partial charge is 0.478 e. The molecule has 1 amide bonds. The average Bonchev–Trinajstić information content (AvgIpc) is 3.10. The van der Waals surface area contributed by atoms with Crippen LogP contribution in [0, 0.1) is 0 Å². The van der Waals surface area contributed by atoms with Crippen LogP contribution in [0.3, 0.4) is 0 Å². The number of carbonyl (C=O) groups excluding carboxylic acids is 1. The number of fused-ring (bicyclic) bond motifs is 1. The number of unbranched alkanes of at least 4 members (excludes halogenated alkanes) is 2. The maximum atomic E-state index is 12.8. The molecule has 176 valence electrons. The molecule has 0 aliphatic heterocycles. The summed E-state index contributed by atoms with van der Waals surface area (Å²) in [4.78, 5) is 26.2. The smallest absolute Gasteiger partial charge is 0.335 e. The molecule has 3 rings (SSSR count). The summed E-state index contributed by atoms with van der Waals surface area (Å²) in [5.74, 6) is -0.720. The van der Waals surface area contributed by atoms with E-state index in [1.54, 1.807) is 31.1 Å². The van der Waals surface area contributed by atoms with Gasteiger partial charge in [-0.2, -0.15) is 0 Å². The monoisotopic (exact) mass is 449 g/mol. The zero-order valence-electron chi connectivity index (χ0n) is 20.1. The lowest BCUT2D eigenvalue weighted by molar-refractivity contribution is -0.129. The third-order valence-corrected chi connectivity index (χ3v) is 6.38. The second-order valence-electron chi connectivity index (χ2n) is 8.90. The van der Waals surface area contributed by atoms with E-state index in [1.165, 1.54) is 12.0 Å². The molecule has 3 aromatic rings. The van der Waals surface area contributed by atoms with Crippen molar-refractivity contribution < 1.29 is 14.7 Å². The number of carboxylic acids is 1. The van der Waals surface area contributed by atoms with Crippen LogP contribution in [-0.4, -0.2) is 40.5 Å². The van der Waals surface area contributed by atoms with Crippen LogP contribution in [0.15, 0.2) is 42.5 Å². The molecule has 2 aromatic carbocycles. The maximum Gasteiger partial charge on any atom is 0.335 e. The number of hydrogen-bond acceptors (Lipinski definition) is 3. The van der Waals surface area contributed by atoms with Crippen LogP contribution in [0.4, 0.5) is 5.69 Å². The molecule has 1 heterocycles. The number of nitrogens with two attached hydrogens (primary N) is 1. The van der Waals surface area contributed by atoms with Gasteiger partial charge < -0.3 is 20.3 Å². The molecular formula is C27H35N3O3. The maximum absolute atomic E-state index is 12.8. The zero-order valence-corrected chi connectivity index (χ0v) is 20.1. The van der Waals surface area contributed by atoms with Gasteiger partial charge in [0.05, 0.1) is 16.8 Å². The Morgan fingerprint density at radius 2 is 1.76 bits per heavy atom. The van der Waals surface area contributed by atoms with Gasteiger partial charge in [-0.15, -0.1) is 0 Å². The average molecular weight is 450 g/mol. The number of amides is 1. The summed E-state index contributed by atoms with van der Waals surface area (Å²) in [6, 6.07) is 13.0. The van der Waals surface area contributed by atoms with E-state index in [9.17, 15) is 14.7 Å². The Balaban J connectivity index is 2.35. The molecule has 0 saturated heterocycles. The lowest BCUT2D eigenvalue weighted by Gasteiger charge is -2.20.